The quantitative estimate of drug-likeness (QED) is 0.777. The normalized spacial score (nSPS) is 11.8. The Kier molecular flexibility index (Phi) is 6.78. The fourth-order valence-corrected chi connectivity index (χ4v) is 4.31. The molecule has 0 aromatic heterocycles. The lowest BCUT2D eigenvalue weighted by molar-refractivity contribution is -0.116. The van der Waals surface area contributed by atoms with Crippen molar-refractivity contribution >= 4 is 21.6 Å². The van der Waals surface area contributed by atoms with Gasteiger partial charge in [-0.05, 0) is 43.0 Å². The zero-order valence-electron chi connectivity index (χ0n) is 16.6. The number of para-hydroxylation sites is 1. The summed E-state index contributed by atoms with van der Waals surface area (Å²) in [5.41, 5.74) is 3.74. The molecule has 2 aromatic rings. The number of nitrogens with zero attached hydrogens (tertiary/aromatic N) is 1. The highest BCUT2D eigenvalue weighted by Gasteiger charge is 2.25. The molecular weight excluding hydrogens is 360 g/mol. The molecule has 0 fully saturated rings. The molecule has 5 nitrogen and oxygen atoms in total. The number of anilines is 1. The summed E-state index contributed by atoms with van der Waals surface area (Å²) in [6, 6.07) is 12.5. The first-order valence-corrected chi connectivity index (χ1v) is 10.6. The van der Waals surface area contributed by atoms with E-state index in [9.17, 15) is 13.2 Å². The molecule has 1 N–H and O–H groups in total. The summed E-state index contributed by atoms with van der Waals surface area (Å²) in [5.74, 6) is -0.0949. The largest absolute Gasteiger partial charge is 0.324 e. The molecule has 1 amide bonds. The minimum Gasteiger partial charge on any atom is -0.324 e. The number of carbonyl (C=O) groups excluding carboxylic acids is 1. The van der Waals surface area contributed by atoms with E-state index in [1.807, 2.05) is 32.0 Å². The van der Waals surface area contributed by atoms with Crippen molar-refractivity contribution in [2.45, 2.75) is 45.4 Å². The van der Waals surface area contributed by atoms with E-state index in [0.717, 1.165) is 22.4 Å². The summed E-state index contributed by atoms with van der Waals surface area (Å²) in [6.45, 7) is 9.67. The van der Waals surface area contributed by atoms with Gasteiger partial charge in [-0.3, -0.25) is 4.79 Å². The molecule has 2 rings (SSSR count). The third-order valence-electron chi connectivity index (χ3n) is 4.52. The molecule has 0 saturated heterocycles. The van der Waals surface area contributed by atoms with Gasteiger partial charge < -0.3 is 5.32 Å². The number of nitrogens with one attached hydrogen (secondary N) is 1. The van der Waals surface area contributed by atoms with Gasteiger partial charge in [0.15, 0.2) is 0 Å². The van der Waals surface area contributed by atoms with Gasteiger partial charge in [-0.25, -0.2) is 8.42 Å². The number of benzene rings is 2. The molecule has 0 atom stereocenters. The molecule has 0 aliphatic carbocycles. The number of aryl methyl sites for hydroxylation is 2. The maximum absolute atomic E-state index is 12.9. The lowest BCUT2D eigenvalue weighted by Crippen LogP contribution is -2.38. The number of sulfonamides is 1. The second-order valence-electron chi connectivity index (χ2n) is 6.99. The highest BCUT2D eigenvalue weighted by Crippen LogP contribution is 2.27. The van der Waals surface area contributed by atoms with Crippen molar-refractivity contribution in [3.8, 4) is 0 Å². The molecule has 0 saturated carbocycles. The number of hydrogen-bond donors (Lipinski definition) is 1. The van der Waals surface area contributed by atoms with E-state index >= 15 is 0 Å². The Morgan fingerprint density at radius 3 is 2.26 bits per heavy atom. The van der Waals surface area contributed by atoms with Crippen molar-refractivity contribution in [2.75, 3.05) is 18.4 Å². The predicted molar refractivity (Wildman–Crippen MR) is 110 cm³/mol. The van der Waals surface area contributed by atoms with Gasteiger partial charge in [0.25, 0.3) is 0 Å². The summed E-state index contributed by atoms with van der Waals surface area (Å²) in [7, 11) is -3.72. The van der Waals surface area contributed by atoms with E-state index in [1.54, 1.807) is 31.2 Å². The van der Waals surface area contributed by atoms with Crippen LogP contribution in [-0.2, 0) is 14.8 Å². The maximum atomic E-state index is 12.9. The summed E-state index contributed by atoms with van der Waals surface area (Å²) >= 11 is 0. The van der Waals surface area contributed by atoms with Crippen LogP contribution in [0.5, 0.6) is 0 Å². The molecular formula is C21H28N2O3S. The molecule has 27 heavy (non-hydrogen) atoms. The van der Waals surface area contributed by atoms with E-state index in [1.165, 1.54) is 4.31 Å². The van der Waals surface area contributed by atoms with Crippen LogP contribution in [0.15, 0.2) is 47.4 Å². The number of likely N-dealkylation sites (N-methyl/N-ethyl adjacent to an activating group) is 1. The number of rotatable bonds is 7. The Morgan fingerprint density at radius 2 is 1.70 bits per heavy atom. The molecule has 146 valence electrons. The van der Waals surface area contributed by atoms with Gasteiger partial charge >= 0.3 is 0 Å². The number of carbonyl (C=O) groups is 1. The molecule has 2 aromatic carbocycles. The van der Waals surface area contributed by atoms with Gasteiger partial charge in [0, 0.05) is 12.2 Å². The number of hydrogen-bond acceptors (Lipinski definition) is 3. The second kappa shape index (κ2) is 8.67. The smallest absolute Gasteiger partial charge is 0.243 e. The molecule has 0 aliphatic rings. The minimum absolute atomic E-state index is 0.196. The fourth-order valence-electron chi connectivity index (χ4n) is 2.91. The van der Waals surface area contributed by atoms with Crippen molar-refractivity contribution in [1.29, 1.82) is 0 Å². The van der Waals surface area contributed by atoms with Gasteiger partial charge in [-0.1, -0.05) is 56.7 Å². The van der Waals surface area contributed by atoms with Crippen LogP contribution in [0.2, 0.25) is 0 Å². The third kappa shape index (κ3) is 4.96. The number of amides is 1. The minimum atomic E-state index is -3.72. The van der Waals surface area contributed by atoms with E-state index in [2.05, 4.69) is 19.2 Å². The SMILES string of the molecule is CCN(CC(=O)Nc1c(C)cccc1C(C)C)S(=O)(=O)c1ccc(C)cc1. The van der Waals surface area contributed by atoms with Crippen LogP contribution in [0, 0.1) is 13.8 Å². The Balaban J connectivity index is 2.22. The van der Waals surface area contributed by atoms with Gasteiger partial charge in [-0.2, -0.15) is 4.31 Å². The lowest BCUT2D eigenvalue weighted by atomic mass is 9.98. The predicted octanol–water partition coefficient (Wildman–Crippen LogP) is 4.08. The summed E-state index contributed by atoms with van der Waals surface area (Å²) < 4.78 is 26.9. The average Bonchev–Trinajstić information content (AvgIpc) is 2.61. The molecule has 6 heteroatoms. The topological polar surface area (TPSA) is 66.5 Å². The van der Waals surface area contributed by atoms with Crippen LogP contribution in [0.4, 0.5) is 5.69 Å². The van der Waals surface area contributed by atoms with Crippen LogP contribution >= 0.6 is 0 Å². The standard InChI is InChI=1S/C21H28N2O3S/c1-6-23(27(25,26)18-12-10-16(4)11-13-18)14-20(24)22-21-17(5)8-7-9-19(21)15(2)3/h7-13,15H,6,14H2,1-5H3,(H,22,24). The van der Waals surface area contributed by atoms with Gasteiger partial charge in [0.05, 0.1) is 11.4 Å². The van der Waals surface area contributed by atoms with E-state index in [-0.39, 0.29) is 29.8 Å². The van der Waals surface area contributed by atoms with E-state index in [4.69, 9.17) is 0 Å². The zero-order chi connectivity index (χ0) is 20.2. The van der Waals surface area contributed by atoms with Crippen LogP contribution < -0.4 is 5.32 Å². The molecule has 0 aliphatic heterocycles. The molecule has 0 unspecified atom stereocenters. The van der Waals surface area contributed by atoms with Gasteiger partial charge in [0.1, 0.15) is 0 Å². The molecule has 0 spiro atoms. The highest BCUT2D eigenvalue weighted by molar-refractivity contribution is 7.89. The first-order valence-electron chi connectivity index (χ1n) is 9.13. The first kappa shape index (κ1) is 21.1. The van der Waals surface area contributed by atoms with Crippen molar-refractivity contribution in [3.63, 3.8) is 0 Å². The van der Waals surface area contributed by atoms with E-state index in [0.29, 0.717) is 0 Å². The second-order valence-corrected chi connectivity index (χ2v) is 8.92. The molecule has 0 radical (unpaired) electrons. The van der Waals surface area contributed by atoms with Gasteiger partial charge in [-0.15, -0.1) is 0 Å². The monoisotopic (exact) mass is 388 g/mol. The summed E-state index contributed by atoms with van der Waals surface area (Å²) in [6.07, 6.45) is 0. The van der Waals surface area contributed by atoms with Crippen LogP contribution in [-0.4, -0.2) is 31.7 Å². The first-order chi connectivity index (χ1) is 12.7. The van der Waals surface area contributed by atoms with Crippen LogP contribution in [0.1, 0.15) is 43.4 Å². The average molecular weight is 389 g/mol. The Labute approximate surface area is 162 Å². The van der Waals surface area contributed by atoms with Crippen molar-refractivity contribution in [3.05, 3.63) is 59.2 Å². The summed E-state index contributed by atoms with van der Waals surface area (Å²) in [4.78, 5) is 12.8. The Bertz CT molecular complexity index is 904. The Morgan fingerprint density at radius 1 is 1.07 bits per heavy atom. The Hall–Kier alpha value is -2.18. The lowest BCUT2D eigenvalue weighted by Gasteiger charge is -2.22. The van der Waals surface area contributed by atoms with Crippen molar-refractivity contribution in [2.24, 2.45) is 0 Å². The third-order valence-corrected chi connectivity index (χ3v) is 6.46. The molecule has 0 heterocycles. The van der Waals surface area contributed by atoms with Gasteiger partial charge in [0.2, 0.25) is 15.9 Å². The molecule has 0 bridgehead atoms. The fraction of sp³-hybridized carbons (Fsp3) is 0.381. The van der Waals surface area contributed by atoms with E-state index < -0.39 is 10.0 Å². The van der Waals surface area contributed by atoms with Crippen molar-refractivity contribution in [1.82, 2.24) is 4.31 Å². The highest BCUT2D eigenvalue weighted by atomic mass is 32.2. The van der Waals surface area contributed by atoms with Crippen molar-refractivity contribution < 1.29 is 13.2 Å². The van der Waals surface area contributed by atoms with Crippen LogP contribution in [0.3, 0.4) is 0 Å². The maximum Gasteiger partial charge on any atom is 0.243 e. The van der Waals surface area contributed by atoms with Crippen LogP contribution in [0.25, 0.3) is 0 Å². The summed E-state index contributed by atoms with van der Waals surface area (Å²) in [5, 5.41) is 2.91. The zero-order valence-corrected chi connectivity index (χ0v) is 17.4.